The van der Waals surface area contributed by atoms with Crippen LogP contribution in [0.3, 0.4) is 0 Å². The Morgan fingerprint density at radius 2 is 2.05 bits per heavy atom. The van der Waals surface area contributed by atoms with Crippen molar-refractivity contribution in [1.29, 1.82) is 5.26 Å². The first-order chi connectivity index (χ1) is 9.20. The lowest BCUT2D eigenvalue weighted by Crippen LogP contribution is -2.24. The van der Waals surface area contributed by atoms with Crippen molar-refractivity contribution < 1.29 is 4.79 Å². The highest BCUT2D eigenvalue weighted by molar-refractivity contribution is 9.10. The van der Waals surface area contributed by atoms with Gasteiger partial charge in [0.2, 0.25) is 0 Å². The van der Waals surface area contributed by atoms with Crippen molar-refractivity contribution in [3.8, 4) is 6.07 Å². The quantitative estimate of drug-likeness (QED) is 0.946. The molecule has 0 aliphatic heterocycles. The minimum Gasteiger partial charge on any atom is -0.347 e. The first kappa shape index (κ1) is 13.2. The van der Waals surface area contributed by atoms with E-state index in [-0.39, 0.29) is 5.91 Å². The zero-order chi connectivity index (χ0) is 13.7. The van der Waals surface area contributed by atoms with E-state index in [1.807, 2.05) is 18.2 Å². The second-order valence-corrected chi connectivity index (χ2v) is 4.68. The monoisotopic (exact) mass is 315 g/mol. The van der Waals surface area contributed by atoms with Gasteiger partial charge in [-0.1, -0.05) is 12.1 Å². The zero-order valence-electron chi connectivity index (χ0n) is 9.93. The Bertz CT molecular complexity index is 632. The molecule has 1 aromatic heterocycles. The molecule has 0 saturated heterocycles. The van der Waals surface area contributed by atoms with Crippen molar-refractivity contribution in [3.05, 3.63) is 63.9 Å². The van der Waals surface area contributed by atoms with Crippen LogP contribution in [0.15, 0.2) is 47.1 Å². The van der Waals surface area contributed by atoms with Crippen LogP contribution in [0.5, 0.6) is 0 Å². The van der Waals surface area contributed by atoms with E-state index in [4.69, 9.17) is 5.26 Å². The second kappa shape index (κ2) is 6.12. The second-order valence-electron chi connectivity index (χ2n) is 3.83. The van der Waals surface area contributed by atoms with Crippen molar-refractivity contribution in [2.75, 3.05) is 0 Å². The van der Waals surface area contributed by atoms with E-state index in [9.17, 15) is 4.79 Å². The lowest BCUT2D eigenvalue weighted by molar-refractivity contribution is 0.0945. The van der Waals surface area contributed by atoms with E-state index in [1.54, 1.807) is 30.5 Å². The molecule has 0 atom stereocenters. The molecule has 19 heavy (non-hydrogen) atoms. The van der Waals surface area contributed by atoms with Crippen molar-refractivity contribution in [2.45, 2.75) is 6.54 Å². The van der Waals surface area contributed by atoms with Gasteiger partial charge < -0.3 is 5.32 Å². The molecule has 1 heterocycles. The zero-order valence-corrected chi connectivity index (χ0v) is 11.5. The van der Waals surface area contributed by atoms with Crippen LogP contribution < -0.4 is 5.32 Å². The molecule has 2 aromatic rings. The highest BCUT2D eigenvalue weighted by Crippen LogP contribution is 2.13. The Labute approximate surface area is 119 Å². The van der Waals surface area contributed by atoms with Gasteiger partial charge >= 0.3 is 0 Å². The molecule has 0 bridgehead atoms. The van der Waals surface area contributed by atoms with Gasteiger partial charge in [-0.2, -0.15) is 5.26 Å². The van der Waals surface area contributed by atoms with Crippen LogP contribution in [0.4, 0.5) is 0 Å². The van der Waals surface area contributed by atoms with E-state index in [0.29, 0.717) is 22.3 Å². The SMILES string of the molecule is N#Cc1ccc(CNC(=O)c2ncccc2Br)cc1. The van der Waals surface area contributed by atoms with Crippen molar-refractivity contribution in [3.63, 3.8) is 0 Å². The Morgan fingerprint density at radius 3 is 2.68 bits per heavy atom. The van der Waals surface area contributed by atoms with E-state index < -0.39 is 0 Å². The summed E-state index contributed by atoms with van der Waals surface area (Å²) in [7, 11) is 0. The third-order valence-corrected chi connectivity index (χ3v) is 3.15. The number of hydrogen-bond donors (Lipinski definition) is 1. The molecule has 1 amide bonds. The number of halogens is 1. The highest BCUT2D eigenvalue weighted by atomic mass is 79.9. The van der Waals surface area contributed by atoms with Gasteiger partial charge in [0.15, 0.2) is 0 Å². The van der Waals surface area contributed by atoms with Crippen molar-refractivity contribution in [2.24, 2.45) is 0 Å². The number of pyridine rings is 1. The molecule has 2 rings (SSSR count). The minimum atomic E-state index is -0.239. The van der Waals surface area contributed by atoms with Gasteiger partial charge in [0, 0.05) is 17.2 Å². The molecule has 5 heteroatoms. The summed E-state index contributed by atoms with van der Waals surface area (Å²) in [6.07, 6.45) is 1.57. The average Bonchev–Trinajstić information content (AvgIpc) is 2.46. The molecule has 0 aliphatic rings. The normalized spacial score (nSPS) is 9.68. The van der Waals surface area contributed by atoms with Gasteiger partial charge in [0.1, 0.15) is 5.69 Å². The summed E-state index contributed by atoms with van der Waals surface area (Å²) in [4.78, 5) is 15.9. The summed E-state index contributed by atoms with van der Waals surface area (Å²) in [5.74, 6) is -0.239. The fraction of sp³-hybridized carbons (Fsp3) is 0.0714. The molecule has 0 radical (unpaired) electrons. The van der Waals surface area contributed by atoms with Crippen LogP contribution in [0, 0.1) is 11.3 Å². The lowest BCUT2D eigenvalue weighted by atomic mass is 10.1. The smallest absolute Gasteiger partial charge is 0.271 e. The minimum absolute atomic E-state index is 0.239. The fourth-order valence-electron chi connectivity index (χ4n) is 1.52. The third kappa shape index (κ3) is 3.39. The van der Waals surface area contributed by atoms with Crippen LogP contribution in [-0.2, 0) is 6.54 Å². The van der Waals surface area contributed by atoms with E-state index in [2.05, 4.69) is 26.2 Å². The lowest BCUT2D eigenvalue weighted by Gasteiger charge is -2.06. The molecule has 1 N–H and O–H groups in total. The van der Waals surface area contributed by atoms with Crippen LogP contribution in [0.2, 0.25) is 0 Å². The molecule has 94 valence electrons. The maximum atomic E-state index is 11.9. The van der Waals surface area contributed by atoms with Crippen molar-refractivity contribution in [1.82, 2.24) is 10.3 Å². The maximum absolute atomic E-state index is 11.9. The van der Waals surface area contributed by atoms with Gasteiger partial charge in [-0.3, -0.25) is 4.79 Å². The summed E-state index contributed by atoms with van der Waals surface area (Å²) in [6.45, 7) is 0.396. The van der Waals surface area contributed by atoms with Crippen LogP contribution in [-0.4, -0.2) is 10.9 Å². The Hall–Kier alpha value is -2.19. The predicted molar refractivity (Wildman–Crippen MR) is 74.3 cm³/mol. The predicted octanol–water partition coefficient (Wildman–Crippen LogP) is 2.65. The van der Waals surface area contributed by atoms with Gasteiger partial charge in [0.05, 0.1) is 11.6 Å². The summed E-state index contributed by atoms with van der Waals surface area (Å²) < 4.78 is 0.660. The van der Waals surface area contributed by atoms with Crippen molar-refractivity contribution >= 4 is 21.8 Å². The van der Waals surface area contributed by atoms with Crippen LogP contribution >= 0.6 is 15.9 Å². The Morgan fingerprint density at radius 1 is 1.32 bits per heavy atom. The van der Waals surface area contributed by atoms with Gasteiger partial charge in [0.25, 0.3) is 5.91 Å². The molecular formula is C14H10BrN3O. The molecular weight excluding hydrogens is 306 g/mol. The molecule has 0 spiro atoms. The molecule has 0 saturated carbocycles. The summed E-state index contributed by atoms with van der Waals surface area (Å²) in [5.41, 5.74) is 1.89. The number of rotatable bonds is 3. The maximum Gasteiger partial charge on any atom is 0.271 e. The van der Waals surface area contributed by atoms with Gasteiger partial charge in [-0.05, 0) is 45.8 Å². The number of carbonyl (C=O) groups is 1. The molecule has 4 nitrogen and oxygen atoms in total. The highest BCUT2D eigenvalue weighted by Gasteiger charge is 2.10. The molecule has 0 unspecified atom stereocenters. The standard InChI is InChI=1S/C14H10BrN3O/c15-12-2-1-7-17-13(12)14(19)18-9-11-5-3-10(8-16)4-6-11/h1-7H,9H2,(H,18,19). The Kier molecular flexibility index (Phi) is 4.26. The first-order valence-corrected chi connectivity index (χ1v) is 6.38. The number of aromatic nitrogens is 1. The third-order valence-electron chi connectivity index (χ3n) is 2.51. The van der Waals surface area contributed by atoms with E-state index >= 15 is 0 Å². The number of hydrogen-bond acceptors (Lipinski definition) is 3. The van der Waals surface area contributed by atoms with E-state index in [1.165, 1.54) is 0 Å². The van der Waals surface area contributed by atoms with Gasteiger partial charge in [-0.15, -0.1) is 0 Å². The Balaban J connectivity index is 2.01. The van der Waals surface area contributed by atoms with Crippen LogP contribution in [0.25, 0.3) is 0 Å². The largest absolute Gasteiger partial charge is 0.347 e. The summed E-state index contributed by atoms with van der Waals surface area (Å²) in [5, 5.41) is 11.5. The number of carbonyl (C=O) groups excluding carboxylic acids is 1. The van der Waals surface area contributed by atoms with Gasteiger partial charge in [-0.25, -0.2) is 4.98 Å². The molecule has 1 aromatic carbocycles. The number of benzene rings is 1. The van der Waals surface area contributed by atoms with Crippen LogP contribution in [0.1, 0.15) is 21.6 Å². The average molecular weight is 316 g/mol. The number of nitrogens with zero attached hydrogens (tertiary/aromatic N) is 2. The van der Waals surface area contributed by atoms with E-state index in [0.717, 1.165) is 5.56 Å². The fourth-order valence-corrected chi connectivity index (χ4v) is 1.95. The topological polar surface area (TPSA) is 65.8 Å². The molecule has 0 fully saturated rings. The first-order valence-electron chi connectivity index (χ1n) is 5.58. The number of nitrogens with one attached hydrogen (secondary N) is 1. The summed E-state index contributed by atoms with van der Waals surface area (Å²) in [6, 6.07) is 12.6. The molecule has 0 aliphatic carbocycles. The number of amides is 1. The summed E-state index contributed by atoms with van der Waals surface area (Å²) >= 11 is 3.28. The number of nitriles is 1.